The van der Waals surface area contributed by atoms with E-state index in [1.807, 2.05) is 42.0 Å². The maximum atomic E-state index is 12.4. The van der Waals surface area contributed by atoms with Gasteiger partial charge in [-0.1, -0.05) is 17.7 Å². The molecular formula is C19H20ClN3O2S. The molecule has 1 aliphatic heterocycles. The minimum Gasteiger partial charge on any atom is -0.336 e. The van der Waals surface area contributed by atoms with E-state index in [1.165, 1.54) is 0 Å². The predicted molar refractivity (Wildman–Crippen MR) is 107 cm³/mol. The summed E-state index contributed by atoms with van der Waals surface area (Å²) in [6.07, 6.45) is 3.41. The maximum absolute atomic E-state index is 12.4. The van der Waals surface area contributed by atoms with Crippen molar-refractivity contribution >= 4 is 46.6 Å². The fourth-order valence-electron chi connectivity index (χ4n) is 2.65. The quantitative estimate of drug-likeness (QED) is 0.803. The van der Waals surface area contributed by atoms with Gasteiger partial charge in [0.05, 0.1) is 0 Å². The Bertz CT molecular complexity index is 812. The molecule has 136 valence electrons. The minimum atomic E-state index is -0.175. The first-order chi connectivity index (χ1) is 12.5. The van der Waals surface area contributed by atoms with E-state index in [1.54, 1.807) is 33.3 Å². The van der Waals surface area contributed by atoms with Gasteiger partial charge in [0, 0.05) is 43.0 Å². The molecule has 2 heterocycles. The average Bonchev–Trinajstić information content (AvgIpc) is 3.16. The average molecular weight is 390 g/mol. The van der Waals surface area contributed by atoms with E-state index in [-0.39, 0.29) is 11.9 Å². The topological polar surface area (TPSA) is 52.7 Å². The number of nitrogens with one attached hydrogen (secondary N) is 1. The van der Waals surface area contributed by atoms with Gasteiger partial charge in [-0.3, -0.25) is 4.79 Å². The van der Waals surface area contributed by atoms with E-state index in [2.05, 4.69) is 5.32 Å². The van der Waals surface area contributed by atoms with Crippen molar-refractivity contribution in [1.82, 2.24) is 9.80 Å². The molecule has 0 unspecified atom stereocenters. The molecule has 0 spiro atoms. The summed E-state index contributed by atoms with van der Waals surface area (Å²) in [6, 6.07) is 7.23. The van der Waals surface area contributed by atoms with Crippen LogP contribution in [0.15, 0.2) is 41.1 Å². The van der Waals surface area contributed by atoms with E-state index < -0.39 is 0 Å². The molecule has 1 saturated heterocycles. The molecule has 0 saturated carbocycles. The zero-order chi connectivity index (χ0) is 18.5. The van der Waals surface area contributed by atoms with Gasteiger partial charge >= 0.3 is 6.03 Å². The molecule has 0 radical (unpaired) electrons. The van der Waals surface area contributed by atoms with Gasteiger partial charge in [0.1, 0.15) is 0 Å². The molecule has 1 aliphatic rings. The molecule has 0 atom stereocenters. The van der Waals surface area contributed by atoms with Crippen molar-refractivity contribution in [2.24, 2.45) is 0 Å². The molecule has 1 N–H and O–H groups in total. The molecule has 26 heavy (non-hydrogen) atoms. The van der Waals surface area contributed by atoms with Crippen LogP contribution in [0.4, 0.5) is 10.5 Å². The zero-order valence-corrected chi connectivity index (χ0v) is 16.0. The van der Waals surface area contributed by atoms with Gasteiger partial charge < -0.3 is 15.1 Å². The highest BCUT2D eigenvalue weighted by atomic mass is 35.5. The molecule has 7 heteroatoms. The summed E-state index contributed by atoms with van der Waals surface area (Å²) in [7, 11) is 0. The van der Waals surface area contributed by atoms with Crippen molar-refractivity contribution in [2.75, 3.05) is 31.5 Å². The van der Waals surface area contributed by atoms with Gasteiger partial charge in [0.25, 0.3) is 0 Å². The van der Waals surface area contributed by atoms with Crippen molar-refractivity contribution in [3.05, 3.63) is 57.3 Å². The van der Waals surface area contributed by atoms with Crippen LogP contribution in [-0.4, -0.2) is 47.9 Å². The Kier molecular flexibility index (Phi) is 5.96. The lowest BCUT2D eigenvalue weighted by atomic mass is 10.2. The Morgan fingerprint density at radius 1 is 1.15 bits per heavy atom. The second-order valence-electron chi connectivity index (χ2n) is 6.10. The number of hydrogen-bond acceptors (Lipinski definition) is 3. The number of benzene rings is 1. The van der Waals surface area contributed by atoms with Crippen molar-refractivity contribution < 1.29 is 9.59 Å². The molecule has 3 rings (SSSR count). The summed E-state index contributed by atoms with van der Waals surface area (Å²) >= 11 is 7.69. The smallest absolute Gasteiger partial charge is 0.321 e. The maximum Gasteiger partial charge on any atom is 0.321 e. The first-order valence-electron chi connectivity index (χ1n) is 8.34. The molecule has 1 aromatic carbocycles. The number of halogens is 1. The van der Waals surface area contributed by atoms with Gasteiger partial charge in [-0.25, -0.2) is 4.79 Å². The number of hydrogen-bond donors (Lipinski definition) is 1. The Hall–Kier alpha value is -2.31. The third-order valence-corrected chi connectivity index (χ3v) is 5.37. The van der Waals surface area contributed by atoms with E-state index in [0.717, 1.165) is 11.1 Å². The van der Waals surface area contributed by atoms with Crippen LogP contribution in [0.2, 0.25) is 5.02 Å². The van der Waals surface area contributed by atoms with Gasteiger partial charge in [-0.05, 0) is 53.1 Å². The molecule has 3 amide bonds. The second kappa shape index (κ2) is 8.38. The van der Waals surface area contributed by atoms with Crippen LogP contribution in [0.5, 0.6) is 0 Å². The number of thiophene rings is 1. The summed E-state index contributed by atoms with van der Waals surface area (Å²) in [6.45, 7) is 3.97. The third kappa shape index (κ3) is 4.65. The first-order valence-corrected chi connectivity index (χ1v) is 9.66. The van der Waals surface area contributed by atoms with Crippen LogP contribution < -0.4 is 5.32 Å². The van der Waals surface area contributed by atoms with Crippen molar-refractivity contribution in [2.45, 2.75) is 6.92 Å². The number of amides is 3. The van der Waals surface area contributed by atoms with E-state index in [4.69, 9.17) is 11.6 Å². The van der Waals surface area contributed by atoms with E-state index in [9.17, 15) is 9.59 Å². The van der Waals surface area contributed by atoms with E-state index >= 15 is 0 Å². The summed E-state index contributed by atoms with van der Waals surface area (Å²) in [5.41, 5.74) is 2.66. The first kappa shape index (κ1) is 18.5. The normalized spacial score (nSPS) is 14.7. The Labute approximate surface area is 161 Å². The molecule has 0 bridgehead atoms. The molecule has 0 aliphatic carbocycles. The number of urea groups is 1. The Balaban J connectivity index is 1.50. The van der Waals surface area contributed by atoms with Gasteiger partial charge in [-0.15, -0.1) is 0 Å². The number of piperazine rings is 1. The molecule has 5 nitrogen and oxygen atoms in total. The van der Waals surface area contributed by atoms with Crippen molar-refractivity contribution in [1.29, 1.82) is 0 Å². The summed E-state index contributed by atoms with van der Waals surface area (Å²) in [4.78, 5) is 28.1. The highest BCUT2D eigenvalue weighted by Gasteiger charge is 2.23. The highest BCUT2D eigenvalue weighted by Crippen LogP contribution is 2.20. The molecule has 1 fully saturated rings. The lowest BCUT2D eigenvalue weighted by Gasteiger charge is -2.34. The number of rotatable bonds is 3. The monoisotopic (exact) mass is 389 g/mol. The molecular weight excluding hydrogens is 370 g/mol. The molecule has 2 aromatic rings. The van der Waals surface area contributed by atoms with Crippen LogP contribution in [0, 0.1) is 6.92 Å². The standard InChI is InChI=1S/C19H20ClN3O2S/c1-14-2-4-16(12-17(14)20)21-19(25)23-9-7-22(8-10-23)18(24)5-3-15-6-11-26-13-15/h2-6,11-13H,7-10H2,1H3,(H,21,25)/b5-3+. The van der Waals surface area contributed by atoms with Crippen LogP contribution >= 0.6 is 22.9 Å². The van der Waals surface area contributed by atoms with Crippen LogP contribution in [0.3, 0.4) is 0 Å². The fraction of sp³-hybridized carbons (Fsp3) is 0.263. The minimum absolute atomic E-state index is 0.0263. The van der Waals surface area contributed by atoms with Crippen molar-refractivity contribution in [3.8, 4) is 0 Å². The lowest BCUT2D eigenvalue weighted by Crippen LogP contribution is -2.51. The second-order valence-corrected chi connectivity index (χ2v) is 7.28. The van der Waals surface area contributed by atoms with Crippen LogP contribution in [0.25, 0.3) is 6.08 Å². The molecule has 1 aromatic heterocycles. The van der Waals surface area contributed by atoms with Gasteiger partial charge in [0.15, 0.2) is 0 Å². The largest absolute Gasteiger partial charge is 0.336 e. The SMILES string of the molecule is Cc1ccc(NC(=O)N2CCN(C(=O)/C=C/c3ccsc3)CC2)cc1Cl. The van der Waals surface area contributed by atoms with Crippen LogP contribution in [0.1, 0.15) is 11.1 Å². The van der Waals surface area contributed by atoms with E-state index in [0.29, 0.717) is 36.9 Å². The Morgan fingerprint density at radius 3 is 2.54 bits per heavy atom. The highest BCUT2D eigenvalue weighted by molar-refractivity contribution is 7.08. The number of carbonyl (C=O) groups is 2. The number of carbonyl (C=O) groups excluding carboxylic acids is 2. The van der Waals surface area contributed by atoms with Gasteiger partial charge in [0.2, 0.25) is 5.91 Å². The fourth-order valence-corrected chi connectivity index (χ4v) is 3.45. The number of aryl methyl sites for hydroxylation is 1. The summed E-state index contributed by atoms with van der Waals surface area (Å²) < 4.78 is 0. The van der Waals surface area contributed by atoms with Gasteiger partial charge in [-0.2, -0.15) is 11.3 Å². The number of anilines is 1. The van der Waals surface area contributed by atoms with Crippen LogP contribution in [-0.2, 0) is 4.79 Å². The number of nitrogens with zero attached hydrogens (tertiary/aromatic N) is 2. The lowest BCUT2D eigenvalue weighted by molar-refractivity contribution is -0.127. The summed E-state index contributed by atoms with van der Waals surface area (Å²) in [5, 5.41) is 7.44. The Morgan fingerprint density at radius 2 is 1.88 bits per heavy atom. The predicted octanol–water partition coefficient (Wildman–Crippen LogP) is 4.10. The third-order valence-electron chi connectivity index (χ3n) is 4.26. The van der Waals surface area contributed by atoms with Crippen molar-refractivity contribution in [3.63, 3.8) is 0 Å². The summed E-state index contributed by atoms with van der Waals surface area (Å²) in [5.74, 6) is -0.0263. The zero-order valence-electron chi connectivity index (χ0n) is 14.4.